The van der Waals surface area contributed by atoms with E-state index in [9.17, 15) is 13.6 Å². The van der Waals surface area contributed by atoms with E-state index in [1.54, 1.807) is 11.0 Å². The van der Waals surface area contributed by atoms with Crippen LogP contribution in [0.15, 0.2) is 42.5 Å². The third kappa shape index (κ3) is 3.79. The highest BCUT2D eigenvalue weighted by Gasteiger charge is 2.50. The van der Waals surface area contributed by atoms with Gasteiger partial charge in [-0.05, 0) is 48.2 Å². The number of hydrazine groups is 1. The van der Waals surface area contributed by atoms with Crippen molar-refractivity contribution in [1.29, 1.82) is 0 Å². The lowest BCUT2D eigenvalue weighted by atomic mass is 9.89. The molecule has 3 heterocycles. The molecule has 164 valence electrons. The fourth-order valence-corrected chi connectivity index (χ4v) is 4.86. The second-order valence-electron chi connectivity index (χ2n) is 8.59. The third-order valence-corrected chi connectivity index (χ3v) is 6.73. The molecule has 2 amide bonds. The summed E-state index contributed by atoms with van der Waals surface area (Å²) >= 11 is 0. The maximum absolute atomic E-state index is 13.8. The molecule has 0 aromatic heterocycles. The van der Waals surface area contributed by atoms with Gasteiger partial charge in [-0.2, -0.15) is 0 Å². The van der Waals surface area contributed by atoms with Crippen molar-refractivity contribution in [2.75, 3.05) is 37.7 Å². The number of rotatable bonds is 4. The molecule has 0 bridgehead atoms. The predicted molar refractivity (Wildman–Crippen MR) is 113 cm³/mol. The molecule has 0 aliphatic carbocycles. The summed E-state index contributed by atoms with van der Waals surface area (Å²) in [5.41, 5.74) is 8.56. The lowest BCUT2D eigenvalue weighted by molar-refractivity contribution is 0.00608. The summed E-state index contributed by atoms with van der Waals surface area (Å²) in [5, 5.41) is 0. The van der Waals surface area contributed by atoms with Crippen LogP contribution in [-0.4, -0.2) is 49.3 Å². The zero-order chi connectivity index (χ0) is 21.4. The summed E-state index contributed by atoms with van der Waals surface area (Å²) in [6.45, 7) is 3.72. The standard InChI is InChI=1S/C23H26F2N4O2/c24-20-6-1-16(11-21(20)25)14-29-22(30)28(15-23(29)7-9-31-10-8-23)19-4-2-17(3-5-19)18-12-26-27-13-18/h1-6,11,18,26-27H,7-10,12-15H2. The monoisotopic (exact) mass is 428 g/mol. The van der Waals surface area contributed by atoms with E-state index in [2.05, 4.69) is 23.0 Å². The normalized spacial score (nSPS) is 21.4. The second kappa shape index (κ2) is 8.18. The number of nitrogens with one attached hydrogen (secondary N) is 2. The third-order valence-electron chi connectivity index (χ3n) is 6.73. The number of amides is 2. The molecule has 31 heavy (non-hydrogen) atoms. The molecule has 6 nitrogen and oxygen atoms in total. The van der Waals surface area contributed by atoms with Crippen LogP contribution in [0.25, 0.3) is 0 Å². The smallest absolute Gasteiger partial charge is 0.325 e. The van der Waals surface area contributed by atoms with Crippen molar-refractivity contribution in [1.82, 2.24) is 15.8 Å². The van der Waals surface area contributed by atoms with Crippen molar-refractivity contribution in [2.45, 2.75) is 30.8 Å². The number of halogens is 2. The summed E-state index contributed by atoms with van der Waals surface area (Å²) in [6.07, 6.45) is 1.44. The summed E-state index contributed by atoms with van der Waals surface area (Å²) in [6, 6.07) is 11.9. The minimum Gasteiger partial charge on any atom is -0.381 e. The van der Waals surface area contributed by atoms with Gasteiger partial charge in [-0.25, -0.2) is 13.6 Å². The first kappa shape index (κ1) is 20.4. The Labute approximate surface area is 180 Å². The molecule has 0 atom stereocenters. The van der Waals surface area contributed by atoms with Gasteiger partial charge in [0.15, 0.2) is 11.6 Å². The van der Waals surface area contributed by atoms with Crippen LogP contribution in [0.3, 0.4) is 0 Å². The predicted octanol–water partition coefficient (Wildman–Crippen LogP) is 3.15. The Morgan fingerprint density at radius 2 is 1.71 bits per heavy atom. The SMILES string of the molecule is O=C1N(c2ccc(C3CNNC3)cc2)CC2(CCOCC2)N1Cc1ccc(F)c(F)c1. The minimum atomic E-state index is -0.895. The maximum Gasteiger partial charge on any atom is 0.325 e. The highest BCUT2D eigenvalue weighted by molar-refractivity contribution is 5.95. The van der Waals surface area contributed by atoms with E-state index >= 15 is 0 Å². The van der Waals surface area contributed by atoms with E-state index in [0.717, 1.165) is 37.7 Å². The molecule has 2 N–H and O–H groups in total. The van der Waals surface area contributed by atoms with Crippen molar-refractivity contribution in [3.05, 3.63) is 65.2 Å². The first-order valence-electron chi connectivity index (χ1n) is 10.7. The Hall–Kier alpha value is -2.55. The first-order valence-corrected chi connectivity index (χ1v) is 10.7. The van der Waals surface area contributed by atoms with Gasteiger partial charge in [0.1, 0.15) is 0 Å². The molecule has 3 fully saturated rings. The van der Waals surface area contributed by atoms with Crippen molar-refractivity contribution >= 4 is 11.7 Å². The largest absolute Gasteiger partial charge is 0.381 e. The van der Waals surface area contributed by atoms with Crippen molar-refractivity contribution in [2.24, 2.45) is 0 Å². The zero-order valence-corrected chi connectivity index (χ0v) is 17.2. The number of anilines is 1. The molecule has 3 aliphatic rings. The van der Waals surface area contributed by atoms with Gasteiger partial charge in [-0.15, -0.1) is 0 Å². The van der Waals surface area contributed by atoms with Gasteiger partial charge in [0.05, 0.1) is 12.1 Å². The van der Waals surface area contributed by atoms with Crippen molar-refractivity contribution < 1.29 is 18.3 Å². The van der Waals surface area contributed by atoms with Crippen molar-refractivity contribution in [3.8, 4) is 0 Å². The lowest BCUT2D eigenvalue weighted by Crippen LogP contribution is -2.50. The quantitative estimate of drug-likeness (QED) is 0.786. The molecule has 2 aromatic rings. The number of hydrogen-bond acceptors (Lipinski definition) is 4. The van der Waals surface area contributed by atoms with E-state index in [1.165, 1.54) is 11.6 Å². The van der Waals surface area contributed by atoms with Gasteiger partial charge >= 0.3 is 6.03 Å². The molecule has 1 spiro atoms. The summed E-state index contributed by atoms with van der Waals surface area (Å²) < 4.78 is 32.7. The average Bonchev–Trinajstić information content (AvgIpc) is 3.41. The molecule has 5 rings (SSSR count). The Bertz CT molecular complexity index is 957. The van der Waals surface area contributed by atoms with Gasteiger partial charge in [-0.3, -0.25) is 15.8 Å². The fourth-order valence-electron chi connectivity index (χ4n) is 4.86. The molecule has 0 unspecified atom stereocenters. The molecule has 8 heteroatoms. The molecular formula is C23H26F2N4O2. The van der Waals surface area contributed by atoms with Gasteiger partial charge in [0.25, 0.3) is 0 Å². The van der Waals surface area contributed by atoms with E-state index in [1.807, 2.05) is 17.0 Å². The molecule has 0 radical (unpaired) electrons. The Morgan fingerprint density at radius 3 is 2.39 bits per heavy atom. The fraction of sp³-hybridized carbons (Fsp3) is 0.435. The van der Waals surface area contributed by atoms with Crippen LogP contribution in [0.4, 0.5) is 19.3 Å². The minimum absolute atomic E-state index is 0.108. The molecule has 2 aromatic carbocycles. The van der Waals surface area contributed by atoms with Crippen LogP contribution >= 0.6 is 0 Å². The van der Waals surface area contributed by atoms with E-state index in [-0.39, 0.29) is 18.1 Å². The summed E-state index contributed by atoms with van der Waals surface area (Å²) in [5.74, 6) is -1.37. The topological polar surface area (TPSA) is 56.8 Å². The first-order chi connectivity index (χ1) is 15.1. The number of nitrogens with zero attached hydrogens (tertiary/aromatic N) is 2. The van der Waals surface area contributed by atoms with E-state index < -0.39 is 11.6 Å². The Morgan fingerprint density at radius 1 is 1.00 bits per heavy atom. The zero-order valence-electron chi connectivity index (χ0n) is 17.2. The number of carbonyl (C=O) groups excluding carboxylic acids is 1. The number of ether oxygens (including phenoxy) is 1. The van der Waals surface area contributed by atoms with Crippen LogP contribution in [0.2, 0.25) is 0 Å². The van der Waals surface area contributed by atoms with Crippen LogP contribution < -0.4 is 15.8 Å². The van der Waals surface area contributed by atoms with Gasteiger partial charge < -0.3 is 9.64 Å². The van der Waals surface area contributed by atoms with E-state index in [0.29, 0.717) is 31.2 Å². The number of hydrogen-bond donors (Lipinski definition) is 2. The highest BCUT2D eigenvalue weighted by Crippen LogP contribution is 2.39. The van der Waals surface area contributed by atoms with Crippen LogP contribution in [-0.2, 0) is 11.3 Å². The Balaban J connectivity index is 1.41. The Kier molecular flexibility index (Phi) is 5.37. The molecule has 0 saturated carbocycles. The molecule has 3 saturated heterocycles. The van der Waals surface area contributed by atoms with Crippen molar-refractivity contribution in [3.63, 3.8) is 0 Å². The maximum atomic E-state index is 13.8. The highest BCUT2D eigenvalue weighted by atomic mass is 19.2. The molecular weight excluding hydrogens is 402 g/mol. The van der Waals surface area contributed by atoms with Gasteiger partial charge in [0, 0.05) is 44.5 Å². The van der Waals surface area contributed by atoms with Gasteiger partial charge in [-0.1, -0.05) is 18.2 Å². The number of benzene rings is 2. The molecule has 3 aliphatic heterocycles. The summed E-state index contributed by atoms with van der Waals surface area (Å²) in [4.78, 5) is 17.1. The van der Waals surface area contributed by atoms with Crippen LogP contribution in [0, 0.1) is 11.6 Å². The second-order valence-corrected chi connectivity index (χ2v) is 8.59. The van der Waals surface area contributed by atoms with Crippen LogP contribution in [0.5, 0.6) is 0 Å². The summed E-state index contributed by atoms with van der Waals surface area (Å²) in [7, 11) is 0. The van der Waals surface area contributed by atoms with E-state index in [4.69, 9.17) is 4.74 Å². The lowest BCUT2D eigenvalue weighted by Gasteiger charge is -2.39. The average molecular weight is 428 g/mol. The van der Waals surface area contributed by atoms with Crippen LogP contribution in [0.1, 0.15) is 29.9 Å². The number of urea groups is 1. The number of carbonyl (C=O) groups is 1. The van der Waals surface area contributed by atoms with Gasteiger partial charge in [0.2, 0.25) is 0 Å².